The summed E-state index contributed by atoms with van der Waals surface area (Å²) in [6.45, 7) is 4.63. The Hall–Kier alpha value is -1.66. The number of ether oxygens (including phenoxy) is 2. The van der Waals surface area contributed by atoms with E-state index in [0.29, 0.717) is 0 Å². The average Bonchev–Trinajstić information content (AvgIpc) is 2.44. The smallest absolute Gasteiger partial charge is 0.408 e. The van der Waals surface area contributed by atoms with Crippen molar-refractivity contribution in [1.82, 2.24) is 5.32 Å². The number of carbonyl (C=O) groups is 1. The van der Waals surface area contributed by atoms with Crippen molar-refractivity contribution in [2.24, 2.45) is 0 Å². The number of carbonyl (C=O) groups excluding carboxylic acids is 1. The summed E-state index contributed by atoms with van der Waals surface area (Å²) in [7, 11) is 0. The molecule has 1 aromatic carbocycles. The van der Waals surface area contributed by atoms with Crippen LogP contribution in [0.15, 0.2) is 30.3 Å². The van der Waals surface area contributed by atoms with E-state index in [1.54, 1.807) is 20.8 Å². The van der Waals surface area contributed by atoms with Gasteiger partial charge in [0.15, 0.2) is 0 Å². The second-order valence-corrected chi connectivity index (χ2v) is 5.95. The molecule has 0 unspecified atom stereocenters. The SMILES string of the molecule is CC(C)(C)OC(=O)N[C@H](CO)[C@H](F)COCc1ccccc1. The fraction of sp³-hybridized carbons (Fsp3) is 0.562. The van der Waals surface area contributed by atoms with E-state index in [4.69, 9.17) is 9.47 Å². The molecule has 1 amide bonds. The first-order valence-electron chi connectivity index (χ1n) is 7.18. The van der Waals surface area contributed by atoms with Gasteiger partial charge in [-0.05, 0) is 26.3 Å². The first kappa shape index (κ1) is 18.4. The molecule has 6 heteroatoms. The second kappa shape index (κ2) is 8.70. The van der Waals surface area contributed by atoms with Gasteiger partial charge >= 0.3 is 6.09 Å². The predicted octanol–water partition coefficient (Wildman–Crippen LogP) is 2.43. The van der Waals surface area contributed by atoms with Crippen molar-refractivity contribution in [3.8, 4) is 0 Å². The summed E-state index contributed by atoms with van der Waals surface area (Å²) in [6, 6.07) is 8.29. The van der Waals surface area contributed by atoms with Gasteiger partial charge in [0, 0.05) is 0 Å². The van der Waals surface area contributed by atoms with E-state index in [9.17, 15) is 14.3 Å². The van der Waals surface area contributed by atoms with Gasteiger partial charge in [-0.3, -0.25) is 0 Å². The van der Waals surface area contributed by atoms with Gasteiger partial charge in [0.25, 0.3) is 0 Å². The number of rotatable bonds is 7. The molecule has 5 nitrogen and oxygen atoms in total. The summed E-state index contributed by atoms with van der Waals surface area (Å²) in [5.41, 5.74) is 0.245. The molecule has 22 heavy (non-hydrogen) atoms. The zero-order valence-electron chi connectivity index (χ0n) is 13.2. The number of alkyl halides is 1. The van der Waals surface area contributed by atoms with E-state index in [0.717, 1.165) is 5.56 Å². The van der Waals surface area contributed by atoms with Gasteiger partial charge in [-0.25, -0.2) is 9.18 Å². The quantitative estimate of drug-likeness (QED) is 0.811. The van der Waals surface area contributed by atoms with E-state index in [1.807, 2.05) is 30.3 Å². The van der Waals surface area contributed by atoms with E-state index in [1.165, 1.54) is 0 Å². The van der Waals surface area contributed by atoms with Gasteiger partial charge in [0.05, 0.1) is 25.9 Å². The van der Waals surface area contributed by atoms with Crippen molar-refractivity contribution >= 4 is 6.09 Å². The summed E-state index contributed by atoms with van der Waals surface area (Å²) in [5.74, 6) is 0. The Kier molecular flexibility index (Phi) is 7.27. The van der Waals surface area contributed by atoms with Gasteiger partial charge in [0.1, 0.15) is 11.8 Å². The number of benzene rings is 1. The maximum Gasteiger partial charge on any atom is 0.408 e. The minimum Gasteiger partial charge on any atom is -0.444 e. The Morgan fingerprint density at radius 2 is 1.95 bits per heavy atom. The standard InChI is InChI=1S/C16H24FNO4/c1-16(2,3)22-15(20)18-14(9-19)13(17)11-21-10-12-7-5-4-6-8-12/h4-8,13-14,19H,9-11H2,1-3H3,(H,18,20)/t13-,14-/m1/s1. The van der Waals surface area contributed by atoms with Gasteiger partial charge in [-0.15, -0.1) is 0 Å². The van der Waals surface area contributed by atoms with Crippen molar-refractivity contribution in [3.63, 3.8) is 0 Å². The molecule has 0 aliphatic heterocycles. The minimum atomic E-state index is -1.53. The van der Waals surface area contributed by atoms with Gasteiger partial charge in [0.2, 0.25) is 0 Å². The molecule has 0 heterocycles. The third-order valence-electron chi connectivity index (χ3n) is 2.72. The highest BCUT2D eigenvalue weighted by molar-refractivity contribution is 5.68. The fourth-order valence-corrected chi connectivity index (χ4v) is 1.69. The number of hydrogen-bond donors (Lipinski definition) is 2. The van der Waals surface area contributed by atoms with E-state index in [-0.39, 0.29) is 13.2 Å². The van der Waals surface area contributed by atoms with Crippen LogP contribution in [0.2, 0.25) is 0 Å². The van der Waals surface area contributed by atoms with Crippen molar-refractivity contribution in [1.29, 1.82) is 0 Å². The Bertz CT molecular complexity index is 447. The molecule has 124 valence electrons. The number of halogens is 1. The summed E-state index contributed by atoms with van der Waals surface area (Å²) < 4.78 is 24.3. The summed E-state index contributed by atoms with van der Waals surface area (Å²) in [5, 5.41) is 11.5. The third kappa shape index (κ3) is 7.38. The van der Waals surface area contributed by atoms with Gasteiger partial charge in [-0.1, -0.05) is 30.3 Å². The Labute approximate surface area is 130 Å². The minimum absolute atomic E-state index is 0.226. The Balaban J connectivity index is 2.37. The van der Waals surface area contributed by atoms with Crippen LogP contribution in [-0.2, 0) is 16.1 Å². The summed E-state index contributed by atoms with van der Waals surface area (Å²) in [4.78, 5) is 11.6. The average molecular weight is 313 g/mol. The van der Waals surface area contributed by atoms with Crippen LogP contribution in [0.25, 0.3) is 0 Å². The monoisotopic (exact) mass is 313 g/mol. The molecule has 2 atom stereocenters. The molecule has 0 aliphatic carbocycles. The molecule has 0 saturated heterocycles. The Morgan fingerprint density at radius 1 is 1.32 bits per heavy atom. The lowest BCUT2D eigenvalue weighted by Crippen LogP contribution is -2.47. The van der Waals surface area contributed by atoms with Crippen molar-refractivity contribution in [2.45, 2.75) is 45.2 Å². The molecule has 0 saturated carbocycles. The fourth-order valence-electron chi connectivity index (χ4n) is 1.69. The Morgan fingerprint density at radius 3 is 2.50 bits per heavy atom. The number of aliphatic hydroxyl groups is 1. The molecular formula is C16H24FNO4. The number of hydrogen-bond acceptors (Lipinski definition) is 4. The van der Waals surface area contributed by atoms with Crippen molar-refractivity contribution in [2.75, 3.05) is 13.2 Å². The van der Waals surface area contributed by atoms with Crippen LogP contribution in [0.5, 0.6) is 0 Å². The first-order valence-corrected chi connectivity index (χ1v) is 7.18. The van der Waals surface area contributed by atoms with Crippen LogP contribution in [0.3, 0.4) is 0 Å². The van der Waals surface area contributed by atoms with E-state index >= 15 is 0 Å². The molecule has 0 fully saturated rings. The molecule has 0 spiro atoms. The number of amides is 1. The van der Waals surface area contributed by atoms with Gasteiger partial charge in [-0.2, -0.15) is 0 Å². The van der Waals surface area contributed by atoms with Gasteiger partial charge < -0.3 is 19.9 Å². The lowest BCUT2D eigenvalue weighted by atomic mass is 10.2. The van der Waals surface area contributed by atoms with Crippen LogP contribution in [0.4, 0.5) is 9.18 Å². The van der Waals surface area contributed by atoms with E-state index < -0.39 is 30.5 Å². The largest absolute Gasteiger partial charge is 0.444 e. The lowest BCUT2D eigenvalue weighted by Gasteiger charge is -2.24. The molecule has 0 bridgehead atoms. The maximum absolute atomic E-state index is 14.0. The molecule has 1 rings (SSSR count). The topological polar surface area (TPSA) is 67.8 Å². The van der Waals surface area contributed by atoms with Crippen molar-refractivity contribution < 1.29 is 23.8 Å². The molecule has 2 N–H and O–H groups in total. The normalized spacial score (nSPS) is 14.2. The molecule has 0 aliphatic rings. The molecule has 1 aromatic rings. The van der Waals surface area contributed by atoms with Crippen LogP contribution in [0.1, 0.15) is 26.3 Å². The second-order valence-electron chi connectivity index (χ2n) is 5.95. The zero-order valence-corrected chi connectivity index (χ0v) is 13.2. The molecule has 0 radical (unpaired) electrons. The van der Waals surface area contributed by atoms with Crippen LogP contribution >= 0.6 is 0 Å². The highest BCUT2D eigenvalue weighted by atomic mass is 19.1. The maximum atomic E-state index is 14.0. The van der Waals surface area contributed by atoms with Crippen LogP contribution < -0.4 is 5.32 Å². The highest BCUT2D eigenvalue weighted by Gasteiger charge is 2.25. The van der Waals surface area contributed by atoms with Crippen LogP contribution in [-0.4, -0.2) is 42.2 Å². The molecule has 0 aromatic heterocycles. The first-order chi connectivity index (χ1) is 10.3. The summed E-state index contributed by atoms with van der Waals surface area (Å²) in [6.07, 6.45) is -2.29. The van der Waals surface area contributed by atoms with Crippen LogP contribution in [0, 0.1) is 0 Å². The lowest BCUT2D eigenvalue weighted by molar-refractivity contribution is 0.0249. The molecular weight excluding hydrogens is 289 g/mol. The predicted molar refractivity (Wildman–Crippen MR) is 81.2 cm³/mol. The highest BCUT2D eigenvalue weighted by Crippen LogP contribution is 2.09. The number of aliphatic hydroxyl groups excluding tert-OH is 1. The van der Waals surface area contributed by atoms with Crippen molar-refractivity contribution in [3.05, 3.63) is 35.9 Å². The number of alkyl carbamates (subject to hydrolysis) is 1. The number of nitrogens with one attached hydrogen (secondary N) is 1. The zero-order chi connectivity index (χ0) is 16.6. The van der Waals surface area contributed by atoms with E-state index in [2.05, 4.69) is 5.32 Å². The summed E-state index contributed by atoms with van der Waals surface area (Å²) >= 11 is 0. The third-order valence-corrected chi connectivity index (χ3v) is 2.72.